The van der Waals surface area contributed by atoms with Crippen LogP contribution in [0.3, 0.4) is 0 Å². The Morgan fingerprint density at radius 2 is 1.28 bits per heavy atom. The van der Waals surface area contributed by atoms with E-state index in [0.29, 0.717) is 0 Å². The Morgan fingerprint density at radius 1 is 0.759 bits per heavy atom. The van der Waals surface area contributed by atoms with E-state index in [0.717, 1.165) is 24.8 Å². The zero-order chi connectivity index (χ0) is 21.1. The first kappa shape index (κ1) is 21.7. The number of allylic oxidation sites excluding steroid dienone is 1. The van der Waals surface area contributed by atoms with Crippen LogP contribution in [-0.4, -0.2) is 10.7 Å². The molecule has 0 spiro atoms. The van der Waals surface area contributed by atoms with Gasteiger partial charge in [0.25, 0.3) is 0 Å². The summed E-state index contributed by atoms with van der Waals surface area (Å²) in [5, 5.41) is 2.97. The average molecular weight is 404 g/mol. The Balaban J connectivity index is 2.27. The minimum Gasteiger partial charge on any atom is -0.287 e. The highest BCUT2D eigenvalue weighted by Crippen LogP contribution is 2.91. The molecule has 152 valence electrons. The quantitative estimate of drug-likeness (QED) is 0.351. The fraction of sp³-hybridized carbons (Fsp3) is 0.407. The number of hydrogen-bond donors (Lipinski definition) is 0. The van der Waals surface area contributed by atoms with Crippen molar-refractivity contribution in [1.29, 1.82) is 0 Å². The van der Waals surface area contributed by atoms with Crippen LogP contribution in [0.1, 0.15) is 71.9 Å². The van der Waals surface area contributed by atoms with E-state index in [9.17, 15) is 0 Å². The molecule has 0 N–H and O–H groups in total. The average Bonchev–Trinajstić information content (AvgIpc) is 3.35. The van der Waals surface area contributed by atoms with Crippen LogP contribution in [0.25, 0.3) is 5.31 Å². The van der Waals surface area contributed by atoms with Gasteiger partial charge in [-0.25, -0.2) is 0 Å². The molecule has 0 amide bonds. The molecule has 0 saturated carbocycles. The SMILES string of the molecule is CCC(CC)(CC)P1(=NC(C)(C)C)C(C#Cc2ccccc2)=C1c1ccccc1. The van der Waals surface area contributed by atoms with Crippen molar-refractivity contribution in [2.24, 2.45) is 4.74 Å². The summed E-state index contributed by atoms with van der Waals surface area (Å²) < 4.78 is 5.62. The second kappa shape index (κ2) is 8.38. The summed E-state index contributed by atoms with van der Waals surface area (Å²) in [6, 6.07) is 21.2. The van der Waals surface area contributed by atoms with Crippen LogP contribution in [0.15, 0.2) is 70.7 Å². The van der Waals surface area contributed by atoms with Crippen molar-refractivity contribution in [2.75, 3.05) is 0 Å². The first-order valence-electron chi connectivity index (χ1n) is 10.8. The minimum atomic E-state index is -1.85. The van der Waals surface area contributed by atoms with Gasteiger partial charge in [-0.15, -0.1) is 0 Å². The van der Waals surface area contributed by atoms with Crippen LogP contribution in [-0.2, 0) is 0 Å². The molecule has 1 aliphatic heterocycles. The number of rotatable bonds is 5. The van der Waals surface area contributed by atoms with Crippen molar-refractivity contribution in [3.63, 3.8) is 0 Å². The molecule has 1 aliphatic rings. The molecule has 29 heavy (non-hydrogen) atoms. The summed E-state index contributed by atoms with van der Waals surface area (Å²) in [5.41, 5.74) is 2.29. The van der Waals surface area contributed by atoms with Gasteiger partial charge in [0.1, 0.15) is 0 Å². The van der Waals surface area contributed by atoms with Crippen LogP contribution >= 0.6 is 7.05 Å². The summed E-state index contributed by atoms with van der Waals surface area (Å²) in [5.74, 6) is 7.08. The molecular weight excluding hydrogens is 369 g/mol. The van der Waals surface area contributed by atoms with Crippen LogP contribution in [0.2, 0.25) is 0 Å². The maximum atomic E-state index is 5.62. The lowest BCUT2D eigenvalue weighted by Gasteiger charge is -2.37. The number of hydrogen-bond acceptors (Lipinski definition) is 1. The Labute approximate surface area is 177 Å². The third-order valence-electron chi connectivity index (χ3n) is 6.08. The fourth-order valence-corrected chi connectivity index (χ4v) is 9.83. The van der Waals surface area contributed by atoms with E-state index in [1.807, 2.05) is 6.07 Å². The van der Waals surface area contributed by atoms with Gasteiger partial charge < -0.3 is 0 Å². The molecule has 0 aliphatic carbocycles. The van der Waals surface area contributed by atoms with E-state index in [1.165, 1.54) is 16.2 Å². The molecule has 0 fully saturated rings. The van der Waals surface area contributed by atoms with Crippen molar-refractivity contribution < 1.29 is 0 Å². The molecule has 0 radical (unpaired) electrons. The van der Waals surface area contributed by atoms with Gasteiger partial charge in [0.05, 0.1) is 10.9 Å². The van der Waals surface area contributed by atoms with E-state index >= 15 is 0 Å². The molecule has 0 aromatic heterocycles. The minimum absolute atomic E-state index is 0.0885. The van der Waals surface area contributed by atoms with E-state index < -0.39 is 7.05 Å². The highest BCUT2D eigenvalue weighted by molar-refractivity contribution is 7.90. The zero-order valence-corrected chi connectivity index (χ0v) is 19.7. The van der Waals surface area contributed by atoms with E-state index in [1.54, 1.807) is 0 Å². The highest BCUT2D eigenvalue weighted by Gasteiger charge is 2.58. The molecule has 0 bridgehead atoms. The Bertz CT molecular complexity index is 983. The summed E-state index contributed by atoms with van der Waals surface area (Å²) in [4.78, 5) is 0. The molecular formula is C27H34NP. The van der Waals surface area contributed by atoms with Crippen molar-refractivity contribution in [3.05, 3.63) is 77.1 Å². The lowest BCUT2D eigenvalue weighted by Crippen LogP contribution is -2.25. The number of benzene rings is 2. The monoisotopic (exact) mass is 403 g/mol. The lowest BCUT2D eigenvalue weighted by molar-refractivity contribution is 0.513. The standard InChI is InChI=1S/C27H34NP/c1-7-27(8-2,9-3)29(28-26(4,5)6)24(21-20-22-16-12-10-13-17-22)25(29)23-18-14-11-15-19-23/h10-19H,7-9H2,1-6H3. The zero-order valence-electron chi connectivity index (χ0n) is 18.8. The molecule has 2 heteroatoms. The first-order valence-corrected chi connectivity index (χ1v) is 12.6. The molecule has 0 saturated heterocycles. The van der Waals surface area contributed by atoms with Gasteiger partial charge in [-0.2, -0.15) is 0 Å². The van der Waals surface area contributed by atoms with E-state index in [4.69, 9.17) is 4.74 Å². The number of nitrogens with zero attached hydrogens (tertiary/aromatic N) is 1. The maximum absolute atomic E-state index is 5.62. The highest BCUT2D eigenvalue weighted by atomic mass is 31.2. The fourth-order valence-electron chi connectivity index (χ4n) is 4.52. The topological polar surface area (TPSA) is 12.4 Å². The van der Waals surface area contributed by atoms with Gasteiger partial charge in [-0.3, -0.25) is 4.74 Å². The largest absolute Gasteiger partial charge is 0.287 e. The molecule has 2 aromatic carbocycles. The Kier molecular flexibility index (Phi) is 6.26. The van der Waals surface area contributed by atoms with Crippen molar-refractivity contribution in [2.45, 2.75) is 71.5 Å². The normalized spacial score (nSPS) is 18.8. The van der Waals surface area contributed by atoms with Gasteiger partial charge >= 0.3 is 0 Å². The van der Waals surface area contributed by atoms with Gasteiger partial charge in [0.15, 0.2) is 0 Å². The summed E-state index contributed by atoms with van der Waals surface area (Å²) in [7, 11) is -1.85. The molecule has 3 rings (SSSR count). The van der Waals surface area contributed by atoms with Gasteiger partial charge in [0, 0.05) is 23.1 Å². The van der Waals surface area contributed by atoms with Crippen molar-refractivity contribution >= 4 is 12.4 Å². The summed E-state index contributed by atoms with van der Waals surface area (Å²) >= 11 is 0. The molecule has 1 unspecified atom stereocenters. The predicted octanol–water partition coefficient (Wildman–Crippen LogP) is 8.39. The Hall–Kier alpha value is -2.03. The van der Waals surface area contributed by atoms with Gasteiger partial charge in [-0.1, -0.05) is 81.1 Å². The molecule has 1 heterocycles. The smallest absolute Gasteiger partial charge is 0.0571 e. The second-order valence-corrected chi connectivity index (χ2v) is 12.2. The van der Waals surface area contributed by atoms with Gasteiger partial charge in [0.2, 0.25) is 0 Å². The van der Waals surface area contributed by atoms with Crippen LogP contribution in [0.5, 0.6) is 0 Å². The van der Waals surface area contributed by atoms with Crippen molar-refractivity contribution in [3.8, 4) is 11.8 Å². The first-order chi connectivity index (χ1) is 13.8. The maximum Gasteiger partial charge on any atom is 0.0571 e. The molecule has 1 atom stereocenters. The molecule has 2 aromatic rings. The second-order valence-electron chi connectivity index (χ2n) is 8.87. The molecule has 1 nitrogen and oxygen atoms in total. The van der Waals surface area contributed by atoms with Crippen LogP contribution in [0.4, 0.5) is 0 Å². The van der Waals surface area contributed by atoms with E-state index in [2.05, 4.69) is 108 Å². The summed E-state index contributed by atoms with van der Waals surface area (Å²) in [6.07, 6.45) is 3.42. The van der Waals surface area contributed by atoms with Gasteiger partial charge in [-0.05, 0) is 57.7 Å². The Morgan fingerprint density at radius 3 is 1.76 bits per heavy atom. The predicted molar refractivity (Wildman–Crippen MR) is 129 cm³/mol. The summed E-state index contributed by atoms with van der Waals surface area (Å²) in [6.45, 7) is 13.7. The third-order valence-corrected chi connectivity index (χ3v) is 11.2. The third kappa shape index (κ3) is 4.01. The van der Waals surface area contributed by atoms with Crippen LogP contribution in [0, 0.1) is 11.8 Å². The van der Waals surface area contributed by atoms with Crippen LogP contribution < -0.4 is 0 Å². The lowest BCUT2D eigenvalue weighted by atomic mass is 9.99. The van der Waals surface area contributed by atoms with Crippen molar-refractivity contribution in [1.82, 2.24) is 0 Å². The van der Waals surface area contributed by atoms with E-state index in [-0.39, 0.29) is 10.7 Å².